The molecule has 0 heterocycles. The largest absolute Gasteiger partial charge is 0.348 e. The molecule has 0 spiro atoms. The topological polar surface area (TPSA) is 104 Å². The summed E-state index contributed by atoms with van der Waals surface area (Å²) in [7, 11) is -2.63. The Morgan fingerprint density at radius 3 is 2.38 bits per heavy atom. The van der Waals surface area contributed by atoms with Gasteiger partial charge < -0.3 is 10.6 Å². The van der Waals surface area contributed by atoms with E-state index in [1.165, 1.54) is 25.2 Å². The van der Waals surface area contributed by atoms with E-state index in [1.54, 1.807) is 24.3 Å². The van der Waals surface area contributed by atoms with Gasteiger partial charge in [-0.05, 0) is 61.1 Å². The molecular formula is C22H19F2N3O4S. The number of sulfonamides is 1. The van der Waals surface area contributed by atoms with E-state index in [0.29, 0.717) is 11.3 Å². The van der Waals surface area contributed by atoms with Crippen molar-refractivity contribution in [2.45, 2.75) is 11.4 Å². The van der Waals surface area contributed by atoms with Crippen LogP contribution in [0.2, 0.25) is 0 Å². The summed E-state index contributed by atoms with van der Waals surface area (Å²) in [6.07, 6.45) is 0. The van der Waals surface area contributed by atoms with Crippen LogP contribution in [-0.2, 0) is 16.6 Å². The zero-order chi connectivity index (χ0) is 23.3. The van der Waals surface area contributed by atoms with E-state index in [0.717, 1.165) is 24.3 Å². The number of anilines is 1. The highest BCUT2D eigenvalue weighted by molar-refractivity contribution is 7.89. The van der Waals surface area contributed by atoms with Gasteiger partial charge in [0.05, 0.1) is 10.5 Å². The maximum absolute atomic E-state index is 14.1. The second-order valence-corrected chi connectivity index (χ2v) is 8.58. The van der Waals surface area contributed by atoms with Crippen LogP contribution in [0.15, 0.2) is 71.6 Å². The van der Waals surface area contributed by atoms with Gasteiger partial charge in [-0.15, -0.1) is 0 Å². The van der Waals surface area contributed by atoms with Crippen molar-refractivity contribution in [2.24, 2.45) is 0 Å². The summed E-state index contributed by atoms with van der Waals surface area (Å²) in [6.45, 7) is -0.00897. The predicted octanol–water partition coefficient (Wildman–Crippen LogP) is 3.06. The Kier molecular flexibility index (Phi) is 6.96. The van der Waals surface area contributed by atoms with Crippen LogP contribution >= 0.6 is 0 Å². The van der Waals surface area contributed by atoms with Crippen molar-refractivity contribution >= 4 is 27.5 Å². The minimum absolute atomic E-state index is 0.00897. The molecule has 3 rings (SSSR count). The molecule has 0 aromatic heterocycles. The average molecular weight is 459 g/mol. The standard InChI is InChI=1S/C22H19F2N3O4S/c1-25-32(30,31)18-8-9-20(24)19(12-18)22(29)26-13-14-4-2-7-17(10-14)27-21(28)15-5-3-6-16(23)11-15/h2-12,25H,13H2,1H3,(H,26,29)(H,27,28). The van der Waals surface area contributed by atoms with E-state index < -0.39 is 39.0 Å². The normalized spacial score (nSPS) is 11.1. The molecule has 0 aliphatic heterocycles. The highest BCUT2D eigenvalue weighted by atomic mass is 32.2. The van der Waals surface area contributed by atoms with Gasteiger partial charge in [-0.2, -0.15) is 0 Å². The van der Waals surface area contributed by atoms with Gasteiger partial charge in [0.25, 0.3) is 11.8 Å². The lowest BCUT2D eigenvalue weighted by molar-refractivity contribution is 0.0945. The summed E-state index contributed by atoms with van der Waals surface area (Å²) in [6, 6.07) is 14.7. The summed E-state index contributed by atoms with van der Waals surface area (Å²) >= 11 is 0. The molecular weight excluding hydrogens is 440 g/mol. The van der Waals surface area contributed by atoms with Gasteiger partial charge in [0.1, 0.15) is 11.6 Å². The Balaban J connectivity index is 1.70. The van der Waals surface area contributed by atoms with Crippen LogP contribution < -0.4 is 15.4 Å². The maximum Gasteiger partial charge on any atom is 0.255 e. The summed E-state index contributed by atoms with van der Waals surface area (Å²) in [4.78, 5) is 24.4. The van der Waals surface area contributed by atoms with E-state index in [2.05, 4.69) is 15.4 Å². The third kappa shape index (κ3) is 5.54. The van der Waals surface area contributed by atoms with Crippen molar-refractivity contribution in [1.82, 2.24) is 10.0 Å². The first-order chi connectivity index (χ1) is 15.2. The molecule has 0 fully saturated rings. The zero-order valence-electron chi connectivity index (χ0n) is 16.9. The molecule has 7 nitrogen and oxygen atoms in total. The average Bonchev–Trinajstić information content (AvgIpc) is 2.78. The SMILES string of the molecule is CNS(=O)(=O)c1ccc(F)c(C(=O)NCc2cccc(NC(=O)c3cccc(F)c3)c2)c1. The Labute approximate surface area is 183 Å². The van der Waals surface area contributed by atoms with Crippen LogP contribution in [0.3, 0.4) is 0 Å². The lowest BCUT2D eigenvalue weighted by atomic mass is 10.1. The van der Waals surface area contributed by atoms with E-state index in [4.69, 9.17) is 0 Å². The number of hydrogen-bond donors (Lipinski definition) is 3. The fourth-order valence-corrected chi connectivity index (χ4v) is 3.59. The summed E-state index contributed by atoms with van der Waals surface area (Å²) in [5, 5.41) is 5.15. The Bertz CT molecular complexity index is 1280. The molecule has 166 valence electrons. The molecule has 3 aromatic rings. The van der Waals surface area contributed by atoms with Crippen LogP contribution in [0.25, 0.3) is 0 Å². The van der Waals surface area contributed by atoms with Crippen molar-refractivity contribution in [1.29, 1.82) is 0 Å². The van der Waals surface area contributed by atoms with E-state index in [1.807, 2.05) is 0 Å². The molecule has 0 aliphatic rings. The van der Waals surface area contributed by atoms with Crippen molar-refractivity contribution in [3.63, 3.8) is 0 Å². The number of halogens is 2. The lowest BCUT2D eigenvalue weighted by Gasteiger charge is -2.10. The number of benzene rings is 3. The first kappa shape index (κ1) is 23.0. The smallest absolute Gasteiger partial charge is 0.255 e. The Morgan fingerprint density at radius 2 is 1.66 bits per heavy atom. The van der Waals surface area contributed by atoms with Crippen molar-refractivity contribution in [3.05, 3.63) is 95.1 Å². The van der Waals surface area contributed by atoms with Gasteiger partial charge in [0.15, 0.2) is 0 Å². The molecule has 0 bridgehead atoms. The fraction of sp³-hybridized carbons (Fsp3) is 0.0909. The summed E-state index contributed by atoms with van der Waals surface area (Å²) in [5.74, 6) is -2.71. The van der Waals surface area contributed by atoms with E-state index >= 15 is 0 Å². The Hall–Kier alpha value is -3.63. The van der Waals surface area contributed by atoms with Gasteiger partial charge >= 0.3 is 0 Å². The van der Waals surface area contributed by atoms with E-state index in [-0.39, 0.29) is 17.0 Å². The van der Waals surface area contributed by atoms with Crippen molar-refractivity contribution in [2.75, 3.05) is 12.4 Å². The van der Waals surface area contributed by atoms with Gasteiger partial charge in [0, 0.05) is 17.8 Å². The lowest BCUT2D eigenvalue weighted by Crippen LogP contribution is -2.25. The van der Waals surface area contributed by atoms with Crippen LogP contribution in [0.4, 0.5) is 14.5 Å². The van der Waals surface area contributed by atoms with Gasteiger partial charge in [-0.25, -0.2) is 21.9 Å². The monoisotopic (exact) mass is 459 g/mol. The molecule has 0 radical (unpaired) electrons. The van der Waals surface area contributed by atoms with Crippen LogP contribution in [0, 0.1) is 11.6 Å². The van der Waals surface area contributed by atoms with Crippen LogP contribution in [0.1, 0.15) is 26.3 Å². The molecule has 0 atom stereocenters. The molecule has 2 amide bonds. The second kappa shape index (κ2) is 9.67. The first-order valence-electron chi connectivity index (χ1n) is 9.37. The highest BCUT2D eigenvalue weighted by Crippen LogP contribution is 2.16. The molecule has 0 aliphatic carbocycles. The molecule has 3 aromatic carbocycles. The number of rotatable bonds is 7. The van der Waals surface area contributed by atoms with Gasteiger partial charge in [0.2, 0.25) is 10.0 Å². The fourth-order valence-electron chi connectivity index (χ4n) is 2.83. The van der Waals surface area contributed by atoms with Crippen molar-refractivity contribution < 1.29 is 26.8 Å². The van der Waals surface area contributed by atoms with Crippen molar-refractivity contribution in [3.8, 4) is 0 Å². The molecule has 3 N–H and O–H groups in total. The minimum atomic E-state index is -3.84. The van der Waals surface area contributed by atoms with E-state index in [9.17, 15) is 26.8 Å². The number of nitrogens with one attached hydrogen (secondary N) is 3. The van der Waals surface area contributed by atoms with Crippen LogP contribution in [0.5, 0.6) is 0 Å². The number of hydrogen-bond acceptors (Lipinski definition) is 4. The number of carbonyl (C=O) groups excluding carboxylic acids is 2. The molecule has 32 heavy (non-hydrogen) atoms. The third-order valence-corrected chi connectivity index (χ3v) is 5.90. The van der Waals surface area contributed by atoms with Crippen LogP contribution in [-0.4, -0.2) is 27.3 Å². The van der Waals surface area contributed by atoms with Gasteiger partial charge in [-0.3, -0.25) is 9.59 Å². The molecule has 0 unspecified atom stereocenters. The Morgan fingerprint density at radius 1 is 0.906 bits per heavy atom. The molecule has 10 heteroatoms. The molecule has 0 saturated heterocycles. The predicted molar refractivity (Wildman–Crippen MR) is 115 cm³/mol. The third-order valence-electron chi connectivity index (χ3n) is 4.49. The zero-order valence-corrected chi connectivity index (χ0v) is 17.7. The quantitative estimate of drug-likeness (QED) is 0.505. The highest BCUT2D eigenvalue weighted by Gasteiger charge is 2.18. The number of carbonyl (C=O) groups is 2. The second-order valence-electron chi connectivity index (χ2n) is 6.70. The first-order valence-corrected chi connectivity index (χ1v) is 10.8. The van der Waals surface area contributed by atoms with Gasteiger partial charge in [-0.1, -0.05) is 18.2 Å². The summed E-state index contributed by atoms with van der Waals surface area (Å²) < 4.78 is 53.3. The summed E-state index contributed by atoms with van der Waals surface area (Å²) in [5.41, 5.74) is 0.738. The molecule has 0 saturated carbocycles. The number of amides is 2. The minimum Gasteiger partial charge on any atom is -0.348 e. The maximum atomic E-state index is 14.1.